The van der Waals surface area contributed by atoms with E-state index in [-0.39, 0.29) is 11.9 Å². The average Bonchev–Trinajstić information content (AvgIpc) is 3.10. The monoisotopic (exact) mass is 317 g/mol. The number of amides is 2. The topological polar surface area (TPSA) is 98.7 Å². The summed E-state index contributed by atoms with van der Waals surface area (Å²) in [5, 5.41) is 0. The van der Waals surface area contributed by atoms with Gasteiger partial charge in [-0.25, -0.2) is 0 Å². The van der Waals surface area contributed by atoms with Crippen LogP contribution in [0.15, 0.2) is 24.3 Å². The molecular weight excluding hydrogens is 294 g/mol. The lowest BCUT2D eigenvalue weighted by molar-refractivity contribution is -0.131. The minimum Gasteiger partial charge on any atom is -0.493 e. The number of benzene rings is 1. The molecule has 4 N–H and O–H groups in total. The van der Waals surface area contributed by atoms with E-state index < -0.39 is 5.91 Å². The van der Waals surface area contributed by atoms with Crippen molar-refractivity contribution in [2.24, 2.45) is 23.3 Å². The highest BCUT2D eigenvalue weighted by Crippen LogP contribution is 2.37. The molecule has 1 aliphatic heterocycles. The molecule has 124 valence electrons. The third-order valence-electron chi connectivity index (χ3n) is 4.99. The van der Waals surface area contributed by atoms with Crippen molar-refractivity contribution in [2.75, 3.05) is 19.7 Å². The van der Waals surface area contributed by atoms with Gasteiger partial charge in [-0.2, -0.15) is 0 Å². The van der Waals surface area contributed by atoms with Gasteiger partial charge in [-0.3, -0.25) is 9.59 Å². The van der Waals surface area contributed by atoms with Crippen molar-refractivity contribution in [3.8, 4) is 5.75 Å². The molecule has 0 aromatic heterocycles. The Hall–Kier alpha value is -2.08. The van der Waals surface area contributed by atoms with Crippen LogP contribution < -0.4 is 16.2 Å². The zero-order valence-electron chi connectivity index (χ0n) is 13.1. The molecule has 1 heterocycles. The molecule has 6 heteroatoms. The van der Waals surface area contributed by atoms with E-state index in [2.05, 4.69) is 0 Å². The van der Waals surface area contributed by atoms with Crippen LogP contribution in [-0.4, -0.2) is 42.5 Å². The third-order valence-corrected chi connectivity index (χ3v) is 4.99. The molecule has 23 heavy (non-hydrogen) atoms. The molecule has 3 unspecified atom stereocenters. The number of fused-ring (bicyclic) bond motifs is 1. The van der Waals surface area contributed by atoms with E-state index in [1.807, 2.05) is 4.90 Å². The van der Waals surface area contributed by atoms with Crippen molar-refractivity contribution in [1.29, 1.82) is 0 Å². The highest BCUT2D eigenvalue weighted by atomic mass is 16.5. The van der Waals surface area contributed by atoms with Crippen LogP contribution >= 0.6 is 0 Å². The van der Waals surface area contributed by atoms with Gasteiger partial charge in [-0.15, -0.1) is 0 Å². The fourth-order valence-electron chi connectivity index (χ4n) is 3.64. The van der Waals surface area contributed by atoms with Gasteiger partial charge >= 0.3 is 0 Å². The lowest BCUT2D eigenvalue weighted by Gasteiger charge is -2.18. The predicted molar refractivity (Wildman–Crippen MR) is 85.8 cm³/mol. The zero-order valence-corrected chi connectivity index (χ0v) is 13.1. The van der Waals surface area contributed by atoms with Crippen molar-refractivity contribution in [3.63, 3.8) is 0 Å². The van der Waals surface area contributed by atoms with Gasteiger partial charge in [-0.05, 0) is 48.9 Å². The zero-order chi connectivity index (χ0) is 16.4. The molecule has 2 fully saturated rings. The van der Waals surface area contributed by atoms with Crippen LogP contribution in [0.5, 0.6) is 5.75 Å². The van der Waals surface area contributed by atoms with Crippen molar-refractivity contribution >= 4 is 11.8 Å². The first kappa shape index (κ1) is 15.8. The molecule has 6 nitrogen and oxygen atoms in total. The number of carbonyl (C=O) groups is 2. The Morgan fingerprint density at radius 3 is 2.57 bits per heavy atom. The number of carbonyl (C=O) groups excluding carboxylic acids is 2. The molecular formula is C17H23N3O3. The predicted octanol–water partition coefficient (Wildman–Crippen LogP) is 0.750. The lowest BCUT2D eigenvalue weighted by atomic mass is 9.98. The van der Waals surface area contributed by atoms with Gasteiger partial charge in [0.2, 0.25) is 11.8 Å². The molecule has 1 aromatic rings. The second kappa shape index (κ2) is 6.58. The van der Waals surface area contributed by atoms with Gasteiger partial charge in [0, 0.05) is 24.7 Å². The molecule has 0 bridgehead atoms. The van der Waals surface area contributed by atoms with Gasteiger partial charge in [0.15, 0.2) is 0 Å². The van der Waals surface area contributed by atoms with E-state index >= 15 is 0 Å². The molecule has 1 aliphatic carbocycles. The summed E-state index contributed by atoms with van der Waals surface area (Å²) in [6, 6.07) is 6.84. The van der Waals surface area contributed by atoms with Crippen molar-refractivity contribution in [3.05, 3.63) is 29.8 Å². The highest BCUT2D eigenvalue weighted by molar-refractivity contribution is 5.92. The Bertz CT molecular complexity index is 587. The maximum Gasteiger partial charge on any atom is 0.248 e. The summed E-state index contributed by atoms with van der Waals surface area (Å²) in [5.74, 6) is 1.34. The largest absolute Gasteiger partial charge is 0.493 e. The number of nitrogens with zero attached hydrogens (tertiary/aromatic N) is 1. The second-order valence-corrected chi connectivity index (χ2v) is 6.45. The molecule has 1 saturated carbocycles. The summed E-state index contributed by atoms with van der Waals surface area (Å²) >= 11 is 0. The molecule has 2 amide bonds. The molecule has 1 saturated heterocycles. The standard InChI is InChI=1S/C17H23N3O3/c18-15-6-3-12-9-20(10-14(12)15)16(21)7-8-23-13-4-1-11(2-5-13)17(19)22/h1-2,4-5,12,14-15H,3,6-10,18H2,(H2,19,22). The maximum atomic E-state index is 12.3. The van der Waals surface area contributed by atoms with E-state index in [9.17, 15) is 9.59 Å². The van der Waals surface area contributed by atoms with Crippen molar-refractivity contribution in [2.45, 2.75) is 25.3 Å². The smallest absolute Gasteiger partial charge is 0.248 e. The Balaban J connectivity index is 1.44. The van der Waals surface area contributed by atoms with Crippen LogP contribution in [0.1, 0.15) is 29.6 Å². The summed E-state index contributed by atoms with van der Waals surface area (Å²) in [5.41, 5.74) is 11.7. The molecule has 0 radical (unpaired) electrons. The van der Waals surface area contributed by atoms with Gasteiger partial charge in [0.05, 0.1) is 13.0 Å². The highest BCUT2D eigenvalue weighted by Gasteiger charge is 2.42. The Labute approximate surface area is 135 Å². The van der Waals surface area contributed by atoms with E-state index in [1.54, 1.807) is 24.3 Å². The summed E-state index contributed by atoms with van der Waals surface area (Å²) in [6.07, 6.45) is 2.58. The quantitative estimate of drug-likeness (QED) is 0.837. The Morgan fingerprint density at radius 2 is 1.91 bits per heavy atom. The fraction of sp³-hybridized carbons (Fsp3) is 0.529. The number of hydrogen-bond donors (Lipinski definition) is 2. The number of ether oxygens (including phenoxy) is 1. The summed E-state index contributed by atoms with van der Waals surface area (Å²) in [4.78, 5) is 25.2. The van der Waals surface area contributed by atoms with Crippen LogP contribution in [0, 0.1) is 11.8 Å². The van der Waals surface area contributed by atoms with Crippen LogP contribution in [0.4, 0.5) is 0 Å². The van der Waals surface area contributed by atoms with Gasteiger partial charge in [0.1, 0.15) is 5.75 Å². The van der Waals surface area contributed by atoms with E-state index in [4.69, 9.17) is 16.2 Å². The van der Waals surface area contributed by atoms with E-state index in [1.165, 1.54) is 0 Å². The van der Waals surface area contributed by atoms with E-state index in [0.29, 0.717) is 36.2 Å². The van der Waals surface area contributed by atoms with Gasteiger partial charge in [0.25, 0.3) is 0 Å². The van der Waals surface area contributed by atoms with Crippen molar-refractivity contribution in [1.82, 2.24) is 4.90 Å². The first-order valence-electron chi connectivity index (χ1n) is 8.10. The van der Waals surface area contributed by atoms with Crippen LogP contribution in [0.2, 0.25) is 0 Å². The number of likely N-dealkylation sites (tertiary alicyclic amines) is 1. The summed E-state index contributed by atoms with van der Waals surface area (Å²) in [7, 11) is 0. The number of nitrogens with two attached hydrogens (primary N) is 2. The number of primary amides is 1. The van der Waals surface area contributed by atoms with Crippen LogP contribution in [0.25, 0.3) is 0 Å². The first-order valence-corrected chi connectivity index (χ1v) is 8.10. The van der Waals surface area contributed by atoms with Crippen LogP contribution in [-0.2, 0) is 4.79 Å². The average molecular weight is 317 g/mol. The number of rotatable bonds is 5. The first-order chi connectivity index (χ1) is 11.0. The van der Waals surface area contributed by atoms with E-state index in [0.717, 1.165) is 25.9 Å². The SMILES string of the molecule is NC(=O)c1ccc(OCCC(=O)N2CC3CCC(N)C3C2)cc1. The molecule has 3 rings (SSSR count). The minimum absolute atomic E-state index is 0.125. The normalized spacial score (nSPS) is 26.1. The second-order valence-electron chi connectivity index (χ2n) is 6.45. The minimum atomic E-state index is -0.468. The third kappa shape index (κ3) is 3.47. The Kier molecular flexibility index (Phi) is 4.52. The summed E-state index contributed by atoms with van der Waals surface area (Å²) < 4.78 is 5.56. The van der Waals surface area contributed by atoms with Crippen LogP contribution in [0.3, 0.4) is 0 Å². The molecule has 0 spiro atoms. The van der Waals surface area contributed by atoms with Crippen molar-refractivity contribution < 1.29 is 14.3 Å². The van der Waals surface area contributed by atoms with Gasteiger partial charge in [-0.1, -0.05) is 0 Å². The number of hydrogen-bond acceptors (Lipinski definition) is 4. The lowest BCUT2D eigenvalue weighted by Crippen LogP contribution is -2.34. The molecule has 3 atom stereocenters. The van der Waals surface area contributed by atoms with Gasteiger partial charge < -0.3 is 21.1 Å². The molecule has 1 aromatic carbocycles. The Morgan fingerprint density at radius 1 is 1.17 bits per heavy atom. The maximum absolute atomic E-state index is 12.3. The fourth-order valence-corrected chi connectivity index (χ4v) is 3.64. The summed E-state index contributed by atoms with van der Waals surface area (Å²) in [6.45, 7) is 1.95. The molecule has 2 aliphatic rings.